The second-order valence-corrected chi connectivity index (χ2v) is 15.0. The van der Waals surface area contributed by atoms with Crippen molar-refractivity contribution in [2.75, 3.05) is 39.5 Å². The van der Waals surface area contributed by atoms with Crippen molar-refractivity contribution in [2.45, 2.75) is 104 Å². The molecule has 2 aromatic rings. The van der Waals surface area contributed by atoms with E-state index in [1.165, 1.54) is 0 Å². The van der Waals surface area contributed by atoms with E-state index in [9.17, 15) is 24.0 Å². The number of nitrogens with one attached hydrogen (secondary N) is 4. The summed E-state index contributed by atoms with van der Waals surface area (Å²) in [4.78, 5) is 70.5. The van der Waals surface area contributed by atoms with Gasteiger partial charge in [0.1, 0.15) is 23.7 Å². The molecule has 2 unspecified atom stereocenters. The zero-order valence-electron chi connectivity index (χ0n) is 31.3. The van der Waals surface area contributed by atoms with Crippen LogP contribution in [0, 0.1) is 11.8 Å². The molecule has 0 spiro atoms. The number of carbonyl (C=O) groups is 5. The quantitative estimate of drug-likeness (QED) is 0.151. The molecular formula is C41H61N5O7. The van der Waals surface area contributed by atoms with Gasteiger partial charge in [0, 0.05) is 19.5 Å². The first-order chi connectivity index (χ1) is 24.8. The zero-order valence-corrected chi connectivity index (χ0v) is 31.3. The van der Waals surface area contributed by atoms with Crippen LogP contribution in [-0.4, -0.2) is 104 Å². The standard InChI is InChI=1S/C40H57N5O7.CH4/c1-27(2)22-32(36(47)40(5)26-52-40)42-39(50)34(24-30-14-10-7-11-15-30)44-38(49)33(23-28(3)4)43-37(48)31(17-16-29-12-8-6-9-13-29)41-35(46)25-45-18-20-51-21-19-45;/h6-15,27-28,31-34H,16-26H2,1-5H3,(H,41,46)(H,42,50)(H,43,48)(H,44,49);1H4/t31?,32-,33-,34?,40+;/m0./s1. The number of hydrogen-bond acceptors (Lipinski definition) is 8. The van der Waals surface area contributed by atoms with E-state index in [0.29, 0.717) is 58.6 Å². The van der Waals surface area contributed by atoms with Crippen LogP contribution in [0.2, 0.25) is 0 Å². The normalized spacial score (nSPS) is 19.2. The number of aryl methyl sites for hydroxylation is 1. The average molecular weight is 736 g/mol. The SMILES string of the molecule is C.CC(C)C[C@H](NC(=O)C(CCc1ccccc1)NC(=O)CN1CCOCC1)C(=O)NC(Cc1ccccc1)C(=O)N[C@@H](CC(C)C)C(=O)[C@@]1(C)CO1. The Hall–Kier alpha value is -4.13. The lowest BCUT2D eigenvalue weighted by molar-refractivity contribution is -0.135. The number of Topliss-reactive ketones (excluding diaryl/α,β-unsaturated/α-hetero) is 1. The largest absolute Gasteiger partial charge is 0.379 e. The highest BCUT2D eigenvalue weighted by atomic mass is 16.6. The van der Waals surface area contributed by atoms with Crippen LogP contribution in [0.4, 0.5) is 0 Å². The monoisotopic (exact) mass is 735 g/mol. The third kappa shape index (κ3) is 14.3. The Bertz CT molecular complexity index is 1480. The highest BCUT2D eigenvalue weighted by Gasteiger charge is 2.50. The van der Waals surface area contributed by atoms with Gasteiger partial charge in [-0.2, -0.15) is 0 Å². The van der Waals surface area contributed by atoms with Gasteiger partial charge in [0.25, 0.3) is 0 Å². The number of benzene rings is 2. The number of nitrogens with zero attached hydrogens (tertiary/aromatic N) is 1. The third-order valence-electron chi connectivity index (χ3n) is 9.38. The topological polar surface area (TPSA) is 158 Å². The van der Waals surface area contributed by atoms with Gasteiger partial charge in [-0.3, -0.25) is 28.9 Å². The van der Waals surface area contributed by atoms with E-state index in [0.717, 1.165) is 11.1 Å². The van der Waals surface area contributed by atoms with Crippen LogP contribution in [0.5, 0.6) is 0 Å². The Kier molecular flexibility index (Phi) is 17.1. The molecule has 5 atom stereocenters. The molecule has 292 valence electrons. The van der Waals surface area contributed by atoms with Gasteiger partial charge < -0.3 is 30.7 Å². The summed E-state index contributed by atoms with van der Waals surface area (Å²) in [5.74, 6) is -1.83. The Balaban J connectivity index is 0.00000756. The minimum Gasteiger partial charge on any atom is -0.379 e. The fraction of sp³-hybridized carbons (Fsp3) is 0.585. The lowest BCUT2D eigenvalue weighted by atomic mass is 9.93. The summed E-state index contributed by atoms with van der Waals surface area (Å²) in [5, 5.41) is 11.7. The third-order valence-corrected chi connectivity index (χ3v) is 9.38. The number of hydrogen-bond donors (Lipinski definition) is 4. The fourth-order valence-electron chi connectivity index (χ4n) is 6.33. The van der Waals surface area contributed by atoms with Gasteiger partial charge in [-0.1, -0.05) is 95.8 Å². The lowest BCUT2D eigenvalue weighted by Gasteiger charge is -2.29. The van der Waals surface area contributed by atoms with Crippen LogP contribution in [-0.2, 0) is 46.3 Å². The second kappa shape index (κ2) is 20.9. The van der Waals surface area contributed by atoms with Crippen LogP contribution in [0.3, 0.4) is 0 Å². The summed E-state index contributed by atoms with van der Waals surface area (Å²) in [5.41, 5.74) is 0.915. The molecule has 0 bridgehead atoms. The zero-order chi connectivity index (χ0) is 37.7. The van der Waals surface area contributed by atoms with Crippen molar-refractivity contribution in [3.05, 3.63) is 71.8 Å². The van der Waals surface area contributed by atoms with E-state index in [1.807, 2.05) is 93.3 Å². The molecule has 2 heterocycles. The number of morpholine rings is 1. The minimum absolute atomic E-state index is 0. The Morgan fingerprint density at radius 1 is 0.698 bits per heavy atom. The van der Waals surface area contributed by atoms with Crippen LogP contribution in [0.15, 0.2) is 60.7 Å². The van der Waals surface area contributed by atoms with Gasteiger partial charge in [-0.15, -0.1) is 0 Å². The predicted octanol–water partition coefficient (Wildman–Crippen LogP) is 3.22. The number of epoxide rings is 1. The summed E-state index contributed by atoms with van der Waals surface area (Å²) in [6, 6.07) is 15.3. The maximum atomic E-state index is 14.1. The maximum Gasteiger partial charge on any atom is 0.243 e. The second-order valence-electron chi connectivity index (χ2n) is 15.0. The number of amides is 4. The fourth-order valence-corrected chi connectivity index (χ4v) is 6.33. The molecule has 4 N–H and O–H groups in total. The van der Waals surface area contributed by atoms with Gasteiger partial charge >= 0.3 is 0 Å². The molecule has 2 aliphatic rings. The Morgan fingerprint density at radius 3 is 1.75 bits per heavy atom. The van der Waals surface area contributed by atoms with E-state index in [4.69, 9.17) is 9.47 Å². The summed E-state index contributed by atoms with van der Waals surface area (Å²) >= 11 is 0. The molecule has 2 aromatic carbocycles. The van der Waals surface area contributed by atoms with Crippen molar-refractivity contribution < 1.29 is 33.4 Å². The minimum atomic E-state index is -1.03. The van der Waals surface area contributed by atoms with E-state index < -0.39 is 47.5 Å². The van der Waals surface area contributed by atoms with Crippen molar-refractivity contribution in [3.63, 3.8) is 0 Å². The summed E-state index contributed by atoms with van der Waals surface area (Å²) in [6.45, 7) is 12.3. The Morgan fingerprint density at radius 2 is 1.19 bits per heavy atom. The summed E-state index contributed by atoms with van der Waals surface area (Å²) < 4.78 is 10.8. The molecule has 0 saturated carbocycles. The first kappa shape index (κ1) is 43.3. The van der Waals surface area contributed by atoms with Gasteiger partial charge in [0.15, 0.2) is 5.78 Å². The van der Waals surface area contributed by atoms with E-state index >= 15 is 0 Å². The molecule has 4 amide bonds. The van der Waals surface area contributed by atoms with Gasteiger partial charge in [0.05, 0.1) is 32.4 Å². The molecule has 4 rings (SSSR count). The molecule has 12 heteroatoms. The van der Waals surface area contributed by atoms with E-state index in [-0.39, 0.29) is 43.9 Å². The maximum absolute atomic E-state index is 14.1. The molecule has 2 saturated heterocycles. The molecule has 2 aliphatic heterocycles. The van der Waals surface area contributed by atoms with Crippen LogP contribution < -0.4 is 21.3 Å². The van der Waals surface area contributed by atoms with Crippen LogP contribution in [0.25, 0.3) is 0 Å². The summed E-state index contributed by atoms with van der Waals surface area (Å²) in [7, 11) is 0. The van der Waals surface area contributed by atoms with Crippen molar-refractivity contribution in [1.29, 1.82) is 0 Å². The molecule has 53 heavy (non-hydrogen) atoms. The molecule has 2 fully saturated rings. The molecule has 0 radical (unpaired) electrons. The van der Waals surface area contributed by atoms with Crippen molar-refractivity contribution >= 4 is 29.4 Å². The van der Waals surface area contributed by atoms with E-state index in [1.54, 1.807) is 6.92 Å². The first-order valence-corrected chi connectivity index (χ1v) is 18.6. The number of carbonyl (C=O) groups excluding carboxylic acids is 5. The van der Waals surface area contributed by atoms with Crippen molar-refractivity contribution in [2.24, 2.45) is 11.8 Å². The van der Waals surface area contributed by atoms with Gasteiger partial charge in [-0.05, 0) is 55.6 Å². The highest BCUT2D eigenvalue weighted by molar-refractivity contribution is 5.98. The van der Waals surface area contributed by atoms with Gasteiger partial charge in [-0.25, -0.2) is 0 Å². The molecule has 12 nitrogen and oxygen atoms in total. The highest BCUT2D eigenvalue weighted by Crippen LogP contribution is 2.29. The Labute approximate surface area is 315 Å². The lowest BCUT2D eigenvalue weighted by Crippen LogP contribution is -2.59. The first-order valence-electron chi connectivity index (χ1n) is 18.6. The van der Waals surface area contributed by atoms with Crippen molar-refractivity contribution in [3.8, 4) is 0 Å². The van der Waals surface area contributed by atoms with Gasteiger partial charge in [0.2, 0.25) is 23.6 Å². The molecular weight excluding hydrogens is 674 g/mol. The number of ether oxygens (including phenoxy) is 2. The predicted molar refractivity (Wildman–Crippen MR) is 205 cm³/mol. The van der Waals surface area contributed by atoms with Crippen LogP contribution in [0.1, 0.15) is 72.4 Å². The summed E-state index contributed by atoms with van der Waals surface area (Å²) in [6.07, 6.45) is 1.76. The van der Waals surface area contributed by atoms with Crippen molar-refractivity contribution in [1.82, 2.24) is 26.2 Å². The smallest absolute Gasteiger partial charge is 0.243 e. The average Bonchev–Trinajstić information content (AvgIpc) is 3.87. The van der Waals surface area contributed by atoms with Crippen LogP contribution >= 0.6 is 0 Å². The molecule has 0 aromatic heterocycles. The number of rotatable bonds is 20. The molecule has 0 aliphatic carbocycles. The van der Waals surface area contributed by atoms with E-state index in [2.05, 4.69) is 21.3 Å². The number of ketones is 1.